The summed E-state index contributed by atoms with van der Waals surface area (Å²) in [7, 11) is 0. The van der Waals surface area contributed by atoms with Gasteiger partial charge in [-0.25, -0.2) is 4.79 Å². The third-order valence-electron chi connectivity index (χ3n) is 5.24. The van der Waals surface area contributed by atoms with E-state index in [-0.39, 0.29) is 17.9 Å². The number of hydrogen-bond acceptors (Lipinski definition) is 5. The molecule has 1 aliphatic heterocycles. The number of hydrogen-bond donors (Lipinski definition) is 1. The Bertz CT molecular complexity index is 1170. The van der Waals surface area contributed by atoms with Gasteiger partial charge in [-0.3, -0.25) is 9.59 Å². The lowest BCUT2D eigenvalue weighted by Gasteiger charge is -2.34. The number of anilines is 1. The fourth-order valence-electron chi connectivity index (χ4n) is 3.59. The van der Waals surface area contributed by atoms with E-state index in [1.165, 1.54) is 11.3 Å². The first-order valence-corrected chi connectivity index (χ1v) is 11.5. The molecule has 0 unspecified atom stereocenters. The summed E-state index contributed by atoms with van der Waals surface area (Å²) in [5.74, 6) is -0.560. The molecule has 0 spiro atoms. The standard InChI is InChI=1S/C23H22ClN3O4S/c1-2-31-23(30)27-13-11-26(12-14-27)22(29)15-7-3-5-9-17(15)25-21(28)20-19(24)16-8-4-6-10-18(16)32-20/h3-10H,2,11-14H2,1H3,(H,25,28). The van der Waals surface area contributed by atoms with Crippen LogP contribution in [0.3, 0.4) is 0 Å². The number of ether oxygens (including phenoxy) is 1. The fraction of sp³-hybridized carbons (Fsp3) is 0.261. The highest BCUT2D eigenvalue weighted by molar-refractivity contribution is 7.21. The molecule has 1 N–H and O–H groups in total. The van der Waals surface area contributed by atoms with E-state index in [1.54, 1.807) is 41.0 Å². The molecule has 1 fully saturated rings. The van der Waals surface area contributed by atoms with Crippen LogP contribution in [0.25, 0.3) is 10.1 Å². The van der Waals surface area contributed by atoms with E-state index in [9.17, 15) is 14.4 Å². The van der Waals surface area contributed by atoms with Gasteiger partial charge in [0.2, 0.25) is 0 Å². The van der Waals surface area contributed by atoms with Crippen molar-refractivity contribution < 1.29 is 19.1 Å². The van der Waals surface area contributed by atoms with Crippen LogP contribution in [0.15, 0.2) is 48.5 Å². The van der Waals surface area contributed by atoms with Crippen molar-refractivity contribution in [3.63, 3.8) is 0 Å². The quantitative estimate of drug-likeness (QED) is 0.597. The number of piperazine rings is 1. The first kappa shape index (κ1) is 22.1. The van der Waals surface area contributed by atoms with Crippen LogP contribution in [0, 0.1) is 0 Å². The Hall–Kier alpha value is -3.10. The molecule has 1 aliphatic rings. The summed E-state index contributed by atoms with van der Waals surface area (Å²) in [5.41, 5.74) is 0.812. The van der Waals surface area contributed by atoms with Crippen molar-refractivity contribution in [3.05, 3.63) is 64.0 Å². The van der Waals surface area contributed by atoms with E-state index in [0.717, 1.165) is 10.1 Å². The van der Waals surface area contributed by atoms with Gasteiger partial charge in [0.15, 0.2) is 0 Å². The van der Waals surface area contributed by atoms with Crippen molar-refractivity contribution in [1.29, 1.82) is 0 Å². The Balaban J connectivity index is 1.49. The van der Waals surface area contributed by atoms with Crippen molar-refractivity contribution in [2.75, 3.05) is 38.1 Å². The number of thiophene rings is 1. The lowest BCUT2D eigenvalue weighted by atomic mass is 10.1. The highest BCUT2D eigenvalue weighted by Crippen LogP contribution is 2.35. The summed E-state index contributed by atoms with van der Waals surface area (Å²) >= 11 is 7.75. The molecule has 166 valence electrons. The number of para-hydroxylation sites is 1. The third kappa shape index (κ3) is 4.42. The number of benzene rings is 2. The van der Waals surface area contributed by atoms with Crippen LogP contribution in [0.4, 0.5) is 10.5 Å². The minimum Gasteiger partial charge on any atom is -0.450 e. The Morgan fingerprint density at radius 1 is 1.00 bits per heavy atom. The summed E-state index contributed by atoms with van der Waals surface area (Å²) < 4.78 is 5.95. The maximum atomic E-state index is 13.2. The largest absolute Gasteiger partial charge is 0.450 e. The number of carbonyl (C=O) groups is 3. The molecule has 0 saturated carbocycles. The molecule has 1 aromatic heterocycles. The Morgan fingerprint density at radius 3 is 2.38 bits per heavy atom. The Labute approximate surface area is 194 Å². The summed E-state index contributed by atoms with van der Waals surface area (Å²) in [6.45, 7) is 3.65. The normalized spacial score (nSPS) is 13.8. The predicted molar refractivity (Wildman–Crippen MR) is 126 cm³/mol. The second-order valence-corrected chi connectivity index (χ2v) is 8.65. The van der Waals surface area contributed by atoms with Gasteiger partial charge in [0, 0.05) is 36.3 Å². The van der Waals surface area contributed by atoms with Crippen LogP contribution in [-0.2, 0) is 4.74 Å². The van der Waals surface area contributed by atoms with Crippen molar-refractivity contribution in [1.82, 2.24) is 9.80 Å². The Kier molecular flexibility index (Phi) is 6.62. The monoisotopic (exact) mass is 471 g/mol. The smallest absolute Gasteiger partial charge is 0.409 e. The fourth-order valence-corrected chi connectivity index (χ4v) is 5.01. The van der Waals surface area contributed by atoms with Crippen molar-refractivity contribution in [2.24, 2.45) is 0 Å². The molecule has 0 atom stereocenters. The van der Waals surface area contributed by atoms with Crippen LogP contribution in [-0.4, -0.2) is 60.5 Å². The third-order valence-corrected chi connectivity index (χ3v) is 6.91. The zero-order valence-corrected chi connectivity index (χ0v) is 19.0. The van der Waals surface area contributed by atoms with Crippen molar-refractivity contribution >= 4 is 56.6 Å². The molecule has 0 radical (unpaired) electrons. The van der Waals surface area contributed by atoms with E-state index < -0.39 is 0 Å². The van der Waals surface area contributed by atoms with Crippen LogP contribution < -0.4 is 5.32 Å². The number of nitrogens with zero attached hydrogens (tertiary/aromatic N) is 2. The molecule has 2 aromatic carbocycles. The minimum absolute atomic E-state index is 0.202. The van der Waals surface area contributed by atoms with Gasteiger partial charge in [-0.15, -0.1) is 11.3 Å². The number of carbonyl (C=O) groups excluding carboxylic acids is 3. The van der Waals surface area contributed by atoms with Gasteiger partial charge in [0.25, 0.3) is 11.8 Å². The second kappa shape index (κ2) is 9.58. The van der Waals surface area contributed by atoms with Crippen LogP contribution >= 0.6 is 22.9 Å². The van der Waals surface area contributed by atoms with Crippen LogP contribution in [0.1, 0.15) is 27.0 Å². The molecular weight excluding hydrogens is 450 g/mol. The SMILES string of the molecule is CCOC(=O)N1CCN(C(=O)c2ccccc2NC(=O)c2sc3ccccc3c2Cl)CC1. The van der Waals surface area contributed by atoms with E-state index in [1.807, 2.05) is 24.3 Å². The number of fused-ring (bicyclic) bond motifs is 1. The van der Waals surface area contributed by atoms with Crippen LogP contribution in [0.2, 0.25) is 5.02 Å². The zero-order chi connectivity index (χ0) is 22.7. The van der Waals surface area contributed by atoms with Gasteiger partial charge in [0.05, 0.1) is 22.9 Å². The Morgan fingerprint density at radius 2 is 1.66 bits per heavy atom. The van der Waals surface area contributed by atoms with Gasteiger partial charge in [-0.1, -0.05) is 41.9 Å². The molecule has 32 heavy (non-hydrogen) atoms. The van der Waals surface area contributed by atoms with Gasteiger partial charge >= 0.3 is 6.09 Å². The van der Waals surface area contributed by atoms with Gasteiger partial charge in [-0.2, -0.15) is 0 Å². The van der Waals surface area contributed by atoms with Crippen LogP contribution in [0.5, 0.6) is 0 Å². The molecule has 3 amide bonds. The second-order valence-electron chi connectivity index (χ2n) is 7.22. The number of amides is 3. The first-order chi connectivity index (χ1) is 15.5. The summed E-state index contributed by atoms with van der Waals surface area (Å²) in [6, 6.07) is 14.4. The maximum absolute atomic E-state index is 13.2. The summed E-state index contributed by atoms with van der Waals surface area (Å²) in [6.07, 6.45) is -0.368. The molecule has 3 aromatic rings. The van der Waals surface area contributed by atoms with Crippen molar-refractivity contribution in [2.45, 2.75) is 6.92 Å². The van der Waals surface area contributed by atoms with E-state index in [0.29, 0.717) is 53.9 Å². The van der Waals surface area contributed by atoms with E-state index >= 15 is 0 Å². The molecule has 9 heteroatoms. The average molecular weight is 472 g/mol. The molecular formula is C23H22ClN3O4S. The van der Waals surface area contributed by atoms with Gasteiger partial charge in [-0.05, 0) is 25.1 Å². The summed E-state index contributed by atoms with van der Waals surface area (Å²) in [5, 5.41) is 4.08. The number of rotatable bonds is 4. The van der Waals surface area contributed by atoms with Gasteiger partial charge < -0.3 is 19.9 Å². The lowest BCUT2D eigenvalue weighted by Crippen LogP contribution is -2.50. The zero-order valence-electron chi connectivity index (χ0n) is 17.5. The molecule has 0 bridgehead atoms. The average Bonchev–Trinajstić information content (AvgIpc) is 3.16. The maximum Gasteiger partial charge on any atom is 0.409 e. The first-order valence-electron chi connectivity index (χ1n) is 10.3. The summed E-state index contributed by atoms with van der Waals surface area (Å²) in [4.78, 5) is 41.7. The number of halogens is 1. The predicted octanol–water partition coefficient (Wildman–Crippen LogP) is 4.72. The highest BCUT2D eigenvalue weighted by atomic mass is 35.5. The van der Waals surface area contributed by atoms with Crippen molar-refractivity contribution in [3.8, 4) is 0 Å². The molecule has 2 heterocycles. The minimum atomic E-state index is -0.368. The number of nitrogens with one attached hydrogen (secondary N) is 1. The topological polar surface area (TPSA) is 79.0 Å². The molecule has 7 nitrogen and oxygen atoms in total. The van der Waals surface area contributed by atoms with Gasteiger partial charge in [0.1, 0.15) is 4.88 Å². The highest BCUT2D eigenvalue weighted by Gasteiger charge is 2.27. The molecule has 1 saturated heterocycles. The molecule has 0 aliphatic carbocycles. The van der Waals surface area contributed by atoms with E-state index in [4.69, 9.17) is 16.3 Å². The molecule has 4 rings (SSSR count). The lowest BCUT2D eigenvalue weighted by molar-refractivity contribution is 0.0571. The van der Waals surface area contributed by atoms with E-state index in [2.05, 4.69) is 5.32 Å².